The summed E-state index contributed by atoms with van der Waals surface area (Å²) in [5, 5.41) is 0. The van der Waals surface area contributed by atoms with Gasteiger partial charge in [0.2, 0.25) is 5.78 Å². The Labute approximate surface area is 143 Å². The number of benzene rings is 2. The van der Waals surface area contributed by atoms with Crippen molar-refractivity contribution in [2.75, 3.05) is 0 Å². The van der Waals surface area contributed by atoms with Gasteiger partial charge < -0.3 is 9.47 Å². The van der Waals surface area contributed by atoms with Gasteiger partial charge >= 0.3 is 5.97 Å². The molecule has 1 heterocycles. The van der Waals surface area contributed by atoms with Crippen LogP contribution >= 0.6 is 0 Å². The third-order valence-electron chi connectivity index (χ3n) is 4.26. The van der Waals surface area contributed by atoms with E-state index in [0.717, 1.165) is 12.8 Å². The lowest BCUT2D eigenvalue weighted by atomic mass is 10.0. The average Bonchev–Trinajstić information content (AvgIpc) is 3.36. The fourth-order valence-electron chi connectivity index (χ4n) is 2.79. The second-order valence-electron chi connectivity index (χ2n) is 6.27. The zero-order valence-corrected chi connectivity index (χ0v) is 13.5. The van der Waals surface area contributed by atoms with Gasteiger partial charge in [0.05, 0.1) is 11.5 Å². The quantitative estimate of drug-likeness (QED) is 0.481. The Morgan fingerprint density at radius 2 is 2.04 bits per heavy atom. The van der Waals surface area contributed by atoms with Gasteiger partial charge in [-0.15, -0.1) is 0 Å². The van der Waals surface area contributed by atoms with E-state index >= 15 is 0 Å². The van der Waals surface area contributed by atoms with Crippen molar-refractivity contribution in [1.29, 1.82) is 0 Å². The monoisotopic (exact) mass is 338 g/mol. The van der Waals surface area contributed by atoms with Crippen molar-refractivity contribution in [3.8, 4) is 11.5 Å². The molecule has 25 heavy (non-hydrogen) atoms. The minimum absolute atomic E-state index is 0.0207. The third kappa shape index (κ3) is 2.93. The number of carbonyl (C=O) groups is 2. The molecular formula is C20H15FO4. The highest BCUT2D eigenvalue weighted by Crippen LogP contribution is 2.38. The molecule has 0 aromatic heterocycles. The highest BCUT2D eigenvalue weighted by Gasteiger charge is 2.33. The molecule has 1 aliphatic carbocycles. The summed E-state index contributed by atoms with van der Waals surface area (Å²) in [6, 6.07) is 9.32. The number of Topliss-reactive ketones (excluding diaryl/α,β-unsaturated/α-hetero) is 1. The fourth-order valence-corrected chi connectivity index (χ4v) is 2.79. The second kappa shape index (κ2) is 5.84. The molecule has 0 radical (unpaired) electrons. The molecule has 0 bridgehead atoms. The number of ether oxygens (including phenoxy) is 2. The van der Waals surface area contributed by atoms with Crippen molar-refractivity contribution >= 4 is 17.8 Å². The number of fused-ring (bicyclic) bond motifs is 1. The van der Waals surface area contributed by atoms with Gasteiger partial charge in [-0.3, -0.25) is 9.59 Å². The van der Waals surface area contributed by atoms with Crippen molar-refractivity contribution in [2.24, 2.45) is 5.92 Å². The van der Waals surface area contributed by atoms with Crippen LogP contribution in [0.15, 0.2) is 42.2 Å². The van der Waals surface area contributed by atoms with Crippen molar-refractivity contribution in [3.63, 3.8) is 0 Å². The zero-order valence-electron chi connectivity index (χ0n) is 13.5. The summed E-state index contributed by atoms with van der Waals surface area (Å²) in [4.78, 5) is 24.4. The lowest BCUT2D eigenvalue weighted by molar-refractivity contribution is -0.135. The van der Waals surface area contributed by atoms with Gasteiger partial charge in [-0.2, -0.15) is 0 Å². The first-order valence-corrected chi connectivity index (χ1v) is 8.08. The molecule has 0 spiro atoms. The van der Waals surface area contributed by atoms with Crippen LogP contribution in [0, 0.1) is 18.7 Å². The Balaban J connectivity index is 1.65. The standard InChI is InChI=1S/C20H15FO4/c1-11-8-14(24-20(23)12-6-7-12)10-16-18(11)19(22)17(25-16)9-13-4-2-3-5-15(13)21/h2-5,8-10,12H,6-7H2,1H3/b17-9-. The molecular weight excluding hydrogens is 323 g/mol. The summed E-state index contributed by atoms with van der Waals surface area (Å²) in [5.41, 5.74) is 1.34. The molecule has 0 amide bonds. The fraction of sp³-hybridized carbons (Fsp3) is 0.200. The summed E-state index contributed by atoms with van der Waals surface area (Å²) < 4.78 is 24.8. The summed E-state index contributed by atoms with van der Waals surface area (Å²) >= 11 is 0. The van der Waals surface area contributed by atoms with Crippen LogP contribution in [0.3, 0.4) is 0 Å². The van der Waals surface area contributed by atoms with Crippen LogP contribution in [0.4, 0.5) is 4.39 Å². The van der Waals surface area contributed by atoms with Gasteiger partial charge in [0.15, 0.2) is 5.76 Å². The van der Waals surface area contributed by atoms with E-state index in [1.165, 1.54) is 18.2 Å². The molecule has 5 heteroatoms. The molecule has 4 rings (SSSR count). The van der Waals surface area contributed by atoms with Crippen LogP contribution in [-0.2, 0) is 4.79 Å². The highest BCUT2D eigenvalue weighted by atomic mass is 19.1. The van der Waals surface area contributed by atoms with Crippen LogP contribution in [0.2, 0.25) is 0 Å². The van der Waals surface area contributed by atoms with E-state index < -0.39 is 5.82 Å². The largest absolute Gasteiger partial charge is 0.452 e. The van der Waals surface area contributed by atoms with E-state index in [-0.39, 0.29) is 29.0 Å². The first-order chi connectivity index (χ1) is 12.0. The number of halogens is 1. The average molecular weight is 338 g/mol. The van der Waals surface area contributed by atoms with Gasteiger partial charge in [0, 0.05) is 11.6 Å². The molecule has 0 atom stereocenters. The van der Waals surface area contributed by atoms with Gasteiger partial charge in [-0.05, 0) is 43.5 Å². The van der Waals surface area contributed by atoms with Crippen LogP contribution in [-0.4, -0.2) is 11.8 Å². The minimum Gasteiger partial charge on any atom is -0.452 e. The number of allylic oxidation sites excluding steroid dienone is 1. The number of hydrogen-bond donors (Lipinski definition) is 0. The summed E-state index contributed by atoms with van der Waals surface area (Å²) in [5.74, 6) is -0.291. The van der Waals surface area contributed by atoms with Crippen LogP contribution in [0.5, 0.6) is 11.5 Å². The normalized spacial score (nSPS) is 17.4. The Hall–Kier alpha value is -2.95. The van der Waals surface area contributed by atoms with Gasteiger partial charge in [0.25, 0.3) is 0 Å². The summed E-state index contributed by atoms with van der Waals surface area (Å²) in [6.07, 6.45) is 3.09. The Morgan fingerprint density at radius 1 is 1.28 bits per heavy atom. The molecule has 1 aliphatic heterocycles. The number of carbonyl (C=O) groups excluding carboxylic acids is 2. The maximum atomic E-state index is 13.8. The topological polar surface area (TPSA) is 52.6 Å². The number of ketones is 1. The molecule has 126 valence electrons. The molecule has 0 saturated heterocycles. The molecule has 0 N–H and O–H groups in total. The molecule has 2 aromatic rings. The predicted molar refractivity (Wildman–Crippen MR) is 88.9 cm³/mol. The van der Waals surface area contributed by atoms with E-state index in [0.29, 0.717) is 22.6 Å². The van der Waals surface area contributed by atoms with Crippen LogP contribution in [0.1, 0.15) is 34.3 Å². The minimum atomic E-state index is -0.432. The molecule has 4 nitrogen and oxygen atoms in total. The zero-order chi connectivity index (χ0) is 17.6. The van der Waals surface area contributed by atoms with E-state index in [1.54, 1.807) is 31.2 Å². The Bertz CT molecular complexity index is 925. The van der Waals surface area contributed by atoms with E-state index in [9.17, 15) is 14.0 Å². The van der Waals surface area contributed by atoms with Gasteiger partial charge in [0.1, 0.15) is 17.3 Å². The summed E-state index contributed by atoms with van der Waals surface area (Å²) in [6.45, 7) is 1.75. The molecule has 1 saturated carbocycles. The van der Waals surface area contributed by atoms with Crippen LogP contribution in [0.25, 0.3) is 6.08 Å². The van der Waals surface area contributed by atoms with E-state index in [2.05, 4.69) is 0 Å². The smallest absolute Gasteiger partial charge is 0.314 e. The van der Waals surface area contributed by atoms with Crippen molar-refractivity contribution in [1.82, 2.24) is 0 Å². The second-order valence-corrected chi connectivity index (χ2v) is 6.27. The number of esters is 1. The number of rotatable bonds is 3. The number of aryl methyl sites for hydroxylation is 1. The maximum absolute atomic E-state index is 13.8. The highest BCUT2D eigenvalue weighted by molar-refractivity contribution is 6.15. The maximum Gasteiger partial charge on any atom is 0.314 e. The van der Waals surface area contributed by atoms with Crippen molar-refractivity contribution < 1.29 is 23.5 Å². The first-order valence-electron chi connectivity index (χ1n) is 8.08. The Kier molecular flexibility index (Phi) is 3.64. The molecule has 2 aromatic carbocycles. The van der Waals surface area contributed by atoms with Gasteiger partial charge in [-0.1, -0.05) is 18.2 Å². The third-order valence-corrected chi connectivity index (χ3v) is 4.26. The van der Waals surface area contributed by atoms with Crippen LogP contribution < -0.4 is 9.47 Å². The van der Waals surface area contributed by atoms with E-state index in [4.69, 9.17) is 9.47 Å². The SMILES string of the molecule is Cc1cc(OC(=O)C2CC2)cc2c1C(=O)/C(=C/c1ccccc1F)O2. The molecule has 1 fully saturated rings. The molecule has 0 unspecified atom stereocenters. The van der Waals surface area contributed by atoms with Gasteiger partial charge in [-0.25, -0.2) is 4.39 Å². The Morgan fingerprint density at radius 3 is 2.76 bits per heavy atom. The lowest BCUT2D eigenvalue weighted by Gasteiger charge is -2.07. The summed E-state index contributed by atoms with van der Waals surface area (Å²) in [7, 11) is 0. The van der Waals surface area contributed by atoms with Crippen molar-refractivity contribution in [3.05, 3.63) is 64.7 Å². The number of hydrogen-bond acceptors (Lipinski definition) is 4. The van der Waals surface area contributed by atoms with Crippen molar-refractivity contribution in [2.45, 2.75) is 19.8 Å². The van der Waals surface area contributed by atoms with E-state index in [1.807, 2.05) is 0 Å². The lowest BCUT2D eigenvalue weighted by Crippen LogP contribution is -2.10. The molecule has 2 aliphatic rings. The first kappa shape index (κ1) is 15.6. The predicted octanol–water partition coefficient (Wildman–Crippen LogP) is 4.07.